The summed E-state index contributed by atoms with van der Waals surface area (Å²) in [6.07, 6.45) is 6.65. The van der Waals surface area contributed by atoms with Crippen molar-refractivity contribution in [2.75, 3.05) is 6.54 Å². The third kappa shape index (κ3) is 4.54. The highest BCUT2D eigenvalue weighted by Gasteiger charge is 2.16. The molecule has 1 saturated carbocycles. The van der Waals surface area contributed by atoms with E-state index in [1.165, 1.54) is 24.8 Å². The number of nitrogens with zero attached hydrogens (tertiary/aromatic N) is 1. The molecule has 1 heterocycles. The first-order valence-corrected chi connectivity index (χ1v) is 7.33. The number of hydrogen-bond donors (Lipinski definition) is 3. The van der Waals surface area contributed by atoms with E-state index in [1.54, 1.807) is 0 Å². The molecule has 0 unspecified atom stereocenters. The van der Waals surface area contributed by atoms with Crippen molar-refractivity contribution < 1.29 is 19.5 Å². The molecule has 3 N–H and O–H groups in total. The minimum Gasteiger partial charge on any atom is -0.477 e. The lowest BCUT2D eigenvalue weighted by Gasteiger charge is -2.22. The van der Waals surface area contributed by atoms with Crippen LogP contribution < -0.4 is 10.6 Å². The zero-order valence-corrected chi connectivity index (χ0v) is 12.2. The standard InChI is InChI=1S/C15H19N3O4/c19-13(18-11-4-2-1-3-5-11)9-17-14(20)10-6-7-16-12(8-10)15(21)22/h6-8,11H,1-5,9H2,(H,17,20)(H,18,19)(H,21,22). The van der Waals surface area contributed by atoms with Gasteiger partial charge in [0.15, 0.2) is 0 Å². The molecule has 0 radical (unpaired) electrons. The number of amides is 2. The first kappa shape index (κ1) is 15.9. The Morgan fingerprint density at radius 3 is 2.64 bits per heavy atom. The normalized spacial score (nSPS) is 15.1. The van der Waals surface area contributed by atoms with Crippen LogP contribution in [0.3, 0.4) is 0 Å². The fourth-order valence-corrected chi connectivity index (χ4v) is 2.48. The molecule has 1 aromatic rings. The lowest BCUT2D eigenvalue weighted by Crippen LogP contribution is -2.42. The van der Waals surface area contributed by atoms with Crippen LogP contribution in [0.4, 0.5) is 0 Å². The van der Waals surface area contributed by atoms with Gasteiger partial charge in [-0.05, 0) is 25.0 Å². The summed E-state index contributed by atoms with van der Waals surface area (Å²) in [5.41, 5.74) is -0.0443. The Morgan fingerprint density at radius 1 is 1.23 bits per heavy atom. The maximum atomic E-state index is 11.9. The number of rotatable bonds is 5. The molecular formula is C15H19N3O4. The lowest BCUT2D eigenvalue weighted by atomic mass is 9.95. The van der Waals surface area contributed by atoms with Crippen molar-refractivity contribution in [1.82, 2.24) is 15.6 Å². The van der Waals surface area contributed by atoms with Crippen molar-refractivity contribution in [3.63, 3.8) is 0 Å². The molecule has 2 amide bonds. The van der Waals surface area contributed by atoms with Gasteiger partial charge in [0.05, 0.1) is 6.54 Å². The smallest absolute Gasteiger partial charge is 0.354 e. The molecule has 22 heavy (non-hydrogen) atoms. The van der Waals surface area contributed by atoms with E-state index in [2.05, 4.69) is 15.6 Å². The Labute approximate surface area is 128 Å². The molecule has 1 aromatic heterocycles. The lowest BCUT2D eigenvalue weighted by molar-refractivity contribution is -0.121. The van der Waals surface area contributed by atoms with Crippen LogP contribution in [0, 0.1) is 0 Å². The molecule has 0 aromatic carbocycles. The van der Waals surface area contributed by atoms with Crippen molar-refractivity contribution in [2.24, 2.45) is 0 Å². The third-order valence-electron chi connectivity index (χ3n) is 3.62. The van der Waals surface area contributed by atoms with Crippen molar-refractivity contribution in [1.29, 1.82) is 0 Å². The van der Waals surface area contributed by atoms with Gasteiger partial charge in [-0.3, -0.25) is 9.59 Å². The van der Waals surface area contributed by atoms with E-state index in [4.69, 9.17) is 5.11 Å². The summed E-state index contributed by atoms with van der Waals surface area (Å²) in [5, 5.41) is 14.2. The second kappa shape index (κ2) is 7.53. The van der Waals surface area contributed by atoms with Crippen LogP contribution in [-0.2, 0) is 4.79 Å². The third-order valence-corrected chi connectivity index (χ3v) is 3.62. The zero-order valence-electron chi connectivity index (χ0n) is 12.2. The van der Waals surface area contributed by atoms with Crippen LogP contribution in [0.2, 0.25) is 0 Å². The van der Waals surface area contributed by atoms with Gasteiger partial charge in [-0.15, -0.1) is 0 Å². The van der Waals surface area contributed by atoms with Gasteiger partial charge in [0, 0.05) is 17.8 Å². The molecule has 0 spiro atoms. The Hall–Kier alpha value is -2.44. The fourth-order valence-electron chi connectivity index (χ4n) is 2.48. The van der Waals surface area contributed by atoms with Gasteiger partial charge in [0.25, 0.3) is 5.91 Å². The molecule has 7 heteroatoms. The second-order valence-corrected chi connectivity index (χ2v) is 5.32. The van der Waals surface area contributed by atoms with Crippen molar-refractivity contribution in [2.45, 2.75) is 38.1 Å². The molecule has 1 aliphatic rings. The summed E-state index contributed by atoms with van der Waals surface area (Å²) >= 11 is 0. The molecule has 7 nitrogen and oxygen atoms in total. The summed E-state index contributed by atoms with van der Waals surface area (Å²) < 4.78 is 0. The first-order chi connectivity index (χ1) is 10.6. The number of carboxylic acids is 1. The van der Waals surface area contributed by atoms with E-state index in [9.17, 15) is 14.4 Å². The van der Waals surface area contributed by atoms with Crippen molar-refractivity contribution >= 4 is 17.8 Å². The Bertz CT molecular complexity index is 568. The van der Waals surface area contributed by atoms with Gasteiger partial charge >= 0.3 is 5.97 Å². The second-order valence-electron chi connectivity index (χ2n) is 5.32. The summed E-state index contributed by atoms with van der Waals surface area (Å²) in [7, 11) is 0. The van der Waals surface area contributed by atoms with Gasteiger partial charge in [-0.2, -0.15) is 0 Å². The molecule has 0 saturated heterocycles. The van der Waals surface area contributed by atoms with Crippen LogP contribution >= 0.6 is 0 Å². The van der Waals surface area contributed by atoms with Crippen molar-refractivity contribution in [3.8, 4) is 0 Å². The van der Waals surface area contributed by atoms with Crippen LogP contribution in [0.1, 0.15) is 53.0 Å². The highest BCUT2D eigenvalue weighted by atomic mass is 16.4. The maximum absolute atomic E-state index is 11.9. The predicted molar refractivity (Wildman–Crippen MR) is 78.5 cm³/mol. The largest absolute Gasteiger partial charge is 0.477 e. The molecule has 0 bridgehead atoms. The van der Waals surface area contributed by atoms with Gasteiger partial charge in [-0.25, -0.2) is 9.78 Å². The number of hydrogen-bond acceptors (Lipinski definition) is 4. The molecule has 2 rings (SSSR count). The monoisotopic (exact) mass is 305 g/mol. The fraction of sp³-hybridized carbons (Fsp3) is 0.467. The van der Waals surface area contributed by atoms with E-state index in [0.29, 0.717) is 0 Å². The molecule has 1 fully saturated rings. The summed E-state index contributed by atoms with van der Waals surface area (Å²) in [6.45, 7) is -0.125. The van der Waals surface area contributed by atoms with Gasteiger partial charge in [-0.1, -0.05) is 19.3 Å². The van der Waals surface area contributed by atoms with Crippen LogP contribution in [0.15, 0.2) is 18.3 Å². The van der Waals surface area contributed by atoms with E-state index in [1.807, 2.05) is 0 Å². The summed E-state index contributed by atoms with van der Waals surface area (Å²) in [4.78, 5) is 38.1. The number of carbonyl (C=O) groups excluding carboxylic acids is 2. The number of carbonyl (C=O) groups is 3. The molecular weight excluding hydrogens is 286 g/mol. The Balaban J connectivity index is 1.82. The maximum Gasteiger partial charge on any atom is 0.354 e. The average Bonchev–Trinajstić information content (AvgIpc) is 2.53. The van der Waals surface area contributed by atoms with E-state index < -0.39 is 11.9 Å². The number of nitrogens with one attached hydrogen (secondary N) is 2. The summed E-state index contributed by atoms with van der Waals surface area (Å²) in [5.74, 6) is -1.93. The summed E-state index contributed by atoms with van der Waals surface area (Å²) in [6, 6.07) is 2.77. The van der Waals surface area contributed by atoms with E-state index in [0.717, 1.165) is 25.7 Å². The van der Waals surface area contributed by atoms with Gasteiger partial charge in [0.2, 0.25) is 5.91 Å². The number of carboxylic acid groups (broad SMARTS) is 1. The quantitative estimate of drug-likeness (QED) is 0.751. The van der Waals surface area contributed by atoms with E-state index in [-0.39, 0.29) is 29.8 Å². The van der Waals surface area contributed by atoms with Gasteiger partial charge in [0.1, 0.15) is 5.69 Å². The number of aromatic carboxylic acids is 1. The number of pyridine rings is 1. The van der Waals surface area contributed by atoms with Crippen LogP contribution in [-0.4, -0.2) is 40.5 Å². The average molecular weight is 305 g/mol. The predicted octanol–water partition coefficient (Wildman–Crippen LogP) is 0.958. The van der Waals surface area contributed by atoms with Gasteiger partial charge < -0.3 is 15.7 Å². The van der Waals surface area contributed by atoms with Crippen molar-refractivity contribution in [3.05, 3.63) is 29.6 Å². The molecule has 0 atom stereocenters. The SMILES string of the molecule is O=C(CNC(=O)c1ccnc(C(=O)O)c1)NC1CCCCC1. The number of aromatic nitrogens is 1. The Kier molecular flexibility index (Phi) is 5.46. The zero-order chi connectivity index (χ0) is 15.9. The molecule has 1 aliphatic carbocycles. The van der Waals surface area contributed by atoms with E-state index >= 15 is 0 Å². The van der Waals surface area contributed by atoms with Crippen LogP contribution in [0.25, 0.3) is 0 Å². The highest BCUT2D eigenvalue weighted by molar-refractivity contribution is 5.98. The minimum atomic E-state index is -1.20. The molecule has 118 valence electrons. The minimum absolute atomic E-state index is 0.125. The Morgan fingerprint density at radius 2 is 1.95 bits per heavy atom. The highest BCUT2D eigenvalue weighted by Crippen LogP contribution is 2.17. The molecule has 0 aliphatic heterocycles. The first-order valence-electron chi connectivity index (χ1n) is 7.33. The van der Waals surface area contributed by atoms with Crippen LogP contribution in [0.5, 0.6) is 0 Å². The topological polar surface area (TPSA) is 108 Å².